The van der Waals surface area contributed by atoms with E-state index in [1.165, 1.54) is 6.07 Å². The van der Waals surface area contributed by atoms with Crippen LogP contribution in [0.15, 0.2) is 42.5 Å². The molecule has 8 nitrogen and oxygen atoms in total. The first-order valence-electron chi connectivity index (χ1n) is 14.6. The van der Waals surface area contributed by atoms with Crippen molar-refractivity contribution in [1.82, 2.24) is 9.62 Å². The van der Waals surface area contributed by atoms with Gasteiger partial charge in [-0.15, -0.1) is 0 Å². The topological polar surface area (TPSA) is 125 Å². The summed E-state index contributed by atoms with van der Waals surface area (Å²) in [6.07, 6.45) is 4.60. The Morgan fingerprint density at radius 1 is 1.15 bits per heavy atom. The van der Waals surface area contributed by atoms with Crippen molar-refractivity contribution in [3.05, 3.63) is 64.4 Å². The fourth-order valence-electron chi connectivity index (χ4n) is 6.78. The monoisotopic (exact) mass is 606 g/mol. The van der Waals surface area contributed by atoms with Crippen LogP contribution in [0, 0.1) is 11.7 Å². The Morgan fingerprint density at radius 2 is 1.88 bits per heavy atom. The molecule has 0 spiro atoms. The second-order valence-corrected chi connectivity index (χ2v) is 14.2. The number of hydrogen-bond donors (Lipinski definition) is 4. The number of anilines is 1. The van der Waals surface area contributed by atoms with Crippen molar-refractivity contribution < 1.29 is 22.7 Å². The molecule has 3 fully saturated rings. The predicted molar refractivity (Wildman–Crippen MR) is 159 cm³/mol. The summed E-state index contributed by atoms with van der Waals surface area (Å²) in [5.41, 5.74) is 8.23. The highest BCUT2D eigenvalue weighted by atomic mass is 35.5. The summed E-state index contributed by atoms with van der Waals surface area (Å²) < 4.78 is 42.5. The molecular formula is C30H40ClFN4O4S. The van der Waals surface area contributed by atoms with Gasteiger partial charge in [0.05, 0.1) is 17.9 Å². The maximum absolute atomic E-state index is 15.1. The normalized spacial score (nSPS) is 29.2. The van der Waals surface area contributed by atoms with Crippen LogP contribution >= 0.6 is 11.6 Å². The fourth-order valence-corrected chi connectivity index (χ4v) is 8.72. The van der Waals surface area contributed by atoms with Crippen molar-refractivity contribution >= 4 is 33.2 Å². The third-order valence-corrected chi connectivity index (χ3v) is 11.3. The number of nitrogens with one attached hydrogen (secondary N) is 2. The first kappa shape index (κ1) is 30.4. The Hall–Kier alpha value is -2.08. The molecule has 2 unspecified atom stereocenters. The molecule has 0 aromatic heterocycles. The van der Waals surface area contributed by atoms with Crippen molar-refractivity contribution in [1.29, 1.82) is 0 Å². The Kier molecular flexibility index (Phi) is 9.67. The number of carbonyl (C=O) groups is 1. The van der Waals surface area contributed by atoms with Gasteiger partial charge in [-0.1, -0.05) is 29.8 Å². The Balaban J connectivity index is 1.32. The molecule has 224 valence electrons. The van der Waals surface area contributed by atoms with Gasteiger partial charge >= 0.3 is 0 Å². The van der Waals surface area contributed by atoms with Crippen LogP contribution in [-0.2, 0) is 21.2 Å². The zero-order chi connectivity index (χ0) is 29.1. The lowest BCUT2D eigenvalue weighted by Gasteiger charge is -2.37. The molecule has 1 saturated carbocycles. The maximum Gasteiger partial charge on any atom is 0.241 e. The molecule has 3 aliphatic rings. The number of benzene rings is 2. The van der Waals surface area contributed by atoms with E-state index in [2.05, 4.69) is 10.6 Å². The summed E-state index contributed by atoms with van der Waals surface area (Å²) in [6.45, 7) is 0.955. The molecule has 1 aliphatic carbocycles. The molecule has 2 bridgehead atoms. The number of rotatable bonds is 8. The SMILES string of the molecule is NC(C(=O)Nc1cccc(F)c1CC[C@H]1CN[C@@H]2CCCS(=O)(=O)N1C2)[C@@H](c1ccc(Cl)cc1)C1CCC(O)CC1. The predicted octanol–water partition coefficient (Wildman–Crippen LogP) is 3.78. The highest BCUT2D eigenvalue weighted by Crippen LogP contribution is 2.39. The molecule has 2 saturated heterocycles. The van der Waals surface area contributed by atoms with Gasteiger partial charge in [-0.3, -0.25) is 4.79 Å². The molecule has 1 amide bonds. The first-order valence-corrected chi connectivity index (χ1v) is 16.6. The number of nitrogens with zero attached hydrogens (tertiary/aromatic N) is 1. The summed E-state index contributed by atoms with van der Waals surface area (Å²) in [7, 11) is -3.36. The summed E-state index contributed by atoms with van der Waals surface area (Å²) in [5, 5.41) is 17.0. The van der Waals surface area contributed by atoms with Gasteiger partial charge < -0.3 is 21.5 Å². The first-order chi connectivity index (χ1) is 19.6. The average Bonchev–Trinajstić information content (AvgIpc) is 3.06. The van der Waals surface area contributed by atoms with Crippen molar-refractivity contribution in [3.8, 4) is 0 Å². The Morgan fingerprint density at radius 3 is 2.61 bits per heavy atom. The highest BCUT2D eigenvalue weighted by Gasteiger charge is 2.38. The third kappa shape index (κ3) is 7.12. The largest absolute Gasteiger partial charge is 0.393 e. The standard InChI is InChI=1S/C30H40ClFN4O4S/c31-21-10-6-19(7-11-21)28(20-8-13-24(37)14-9-20)29(33)30(38)35-27-5-1-4-26(32)25(27)15-12-23-17-34-22-3-2-16-41(39,40)36(23)18-22/h1,4-7,10-11,20,22-24,28-29,34,37H,2-3,8-9,12-18,33H2,(H,35,38)/t20?,22-,23+,24?,28+,29?/m1/s1. The van der Waals surface area contributed by atoms with Gasteiger partial charge in [0, 0.05) is 47.4 Å². The minimum Gasteiger partial charge on any atom is -0.393 e. The molecule has 2 heterocycles. The number of aliphatic hydroxyl groups excluding tert-OH is 1. The van der Waals surface area contributed by atoms with Gasteiger partial charge in [-0.05, 0) is 87.1 Å². The number of aliphatic hydroxyl groups is 1. The molecule has 2 aromatic carbocycles. The molecule has 5 rings (SSSR count). The molecule has 0 radical (unpaired) electrons. The second-order valence-electron chi connectivity index (χ2n) is 11.8. The number of piperazine rings is 1. The van der Waals surface area contributed by atoms with Crippen LogP contribution in [0.4, 0.5) is 10.1 Å². The minimum atomic E-state index is -3.36. The van der Waals surface area contributed by atoms with Crippen molar-refractivity contribution in [2.75, 3.05) is 24.2 Å². The molecule has 11 heteroatoms. The quantitative estimate of drug-likeness (QED) is 0.363. The summed E-state index contributed by atoms with van der Waals surface area (Å²) in [4.78, 5) is 13.6. The van der Waals surface area contributed by atoms with Crippen LogP contribution in [0.2, 0.25) is 5.02 Å². The van der Waals surface area contributed by atoms with Crippen LogP contribution in [0.5, 0.6) is 0 Å². The second kappa shape index (κ2) is 13.1. The zero-order valence-electron chi connectivity index (χ0n) is 23.1. The van der Waals surface area contributed by atoms with E-state index in [9.17, 15) is 18.3 Å². The number of sulfonamides is 1. The smallest absolute Gasteiger partial charge is 0.241 e. The zero-order valence-corrected chi connectivity index (χ0v) is 24.7. The van der Waals surface area contributed by atoms with E-state index in [0.717, 1.165) is 24.8 Å². The summed E-state index contributed by atoms with van der Waals surface area (Å²) in [5.74, 6) is -0.931. The molecular weight excluding hydrogens is 567 g/mol. The third-order valence-electron chi connectivity index (χ3n) is 9.06. The summed E-state index contributed by atoms with van der Waals surface area (Å²) >= 11 is 6.12. The van der Waals surface area contributed by atoms with Gasteiger partial charge in [-0.2, -0.15) is 4.31 Å². The lowest BCUT2D eigenvalue weighted by molar-refractivity contribution is -0.118. The van der Waals surface area contributed by atoms with E-state index in [4.69, 9.17) is 17.3 Å². The lowest BCUT2D eigenvalue weighted by Crippen LogP contribution is -2.57. The van der Waals surface area contributed by atoms with E-state index in [0.29, 0.717) is 55.0 Å². The van der Waals surface area contributed by atoms with E-state index >= 15 is 4.39 Å². The van der Waals surface area contributed by atoms with Crippen molar-refractivity contribution in [3.63, 3.8) is 0 Å². The van der Waals surface area contributed by atoms with E-state index < -0.39 is 27.8 Å². The van der Waals surface area contributed by atoms with E-state index in [-0.39, 0.29) is 42.2 Å². The number of halogens is 2. The molecule has 2 aliphatic heterocycles. The number of amides is 1. The summed E-state index contributed by atoms with van der Waals surface area (Å²) in [6, 6.07) is 10.9. The van der Waals surface area contributed by atoms with Gasteiger partial charge in [0.1, 0.15) is 5.82 Å². The maximum atomic E-state index is 15.1. The van der Waals surface area contributed by atoms with Gasteiger partial charge in [0.25, 0.3) is 0 Å². The molecule has 2 aromatic rings. The van der Waals surface area contributed by atoms with Gasteiger partial charge in [0.15, 0.2) is 0 Å². The van der Waals surface area contributed by atoms with Crippen LogP contribution < -0.4 is 16.4 Å². The lowest BCUT2D eigenvalue weighted by atomic mass is 9.72. The Labute approximate surface area is 246 Å². The fraction of sp³-hybridized carbons (Fsp3) is 0.567. The highest BCUT2D eigenvalue weighted by molar-refractivity contribution is 7.89. The van der Waals surface area contributed by atoms with Crippen LogP contribution in [-0.4, -0.2) is 66.8 Å². The molecule has 41 heavy (non-hydrogen) atoms. The van der Waals surface area contributed by atoms with Gasteiger partial charge in [-0.25, -0.2) is 12.8 Å². The van der Waals surface area contributed by atoms with Crippen molar-refractivity contribution in [2.24, 2.45) is 11.7 Å². The van der Waals surface area contributed by atoms with Crippen molar-refractivity contribution in [2.45, 2.75) is 81.5 Å². The Bertz CT molecular complexity index is 1320. The van der Waals surface area contributed by atoms with E-state index in [1.807, 2.05) is 12.1 Å². The van der Waals surface area contributed by atoms with E-state index in [1.54, 1.807) is 28.6 Å². The van der Waals surface area contributed by atoms with Crippen LogP contribution in [0.3, 0.4) is 0 Å². The number of carbonyl (C=O) groups excluding carboxylic acids is 1. The van der Waals surface area contributed by atoms with Crippen LogP contribution in [0.1, 0.15) is 62.0 Å². The van der Waals surface area contributed by atoms with Gasteiger partial charge in [0.2, 0.25) is 15.9 Å². The molecule has 5 atom stereocenters. The number of hydrogen-bond acceptors (Lipinski definition) is 6. The number of fused-ring (bicyclic) bond motifs is 2. The average molecular weight is 607 g/mol. The molecule has 5 N–H and O–H groups in total. The number of nitrogens with two attached hydrogens (primary N) is 1. The van der Waals surface area contributed by atoms with Crippen LogP contribution in [0.25, 0.3) is 0 Å². The minimum absolute atomic E-state index is 0.102.